The summed E-state index contributed by atoms with van der Waals surface area (Å²) in [4.78, 5) is 18.0. The molecule has 2 aromatic heterocycles. The van der Waals surface area contributed by atoms with Gasteiger partial charge in [0, 0.05) is 22.8 Å². The number of fused-ring (bicyclic) bond motifs is 1. The molecular formula is C31H28BrN3O2. The Morgan fingerprint density at radius 2 is 1.62 bits per heavy atom. The van der Waals surface area contributed by atoms with Gasteiger partial charge in [0.25, 0.3) is 0 Å². The van der Waals surface area contributed by atoms with E-state index in [1.807, 2.05) is 83.4 Å². The Morgan fingerprint density at radius 3 is 2.35 bits per heavy atom. The van der Waals surface area contributed by atoms with E-state index in [2.05, 4.69) is 54.2 Å². The molecule has 0 aliphatic heterocycles. The zero-order chi connectivity index (χ0) is 26.0. The van der Waals surface area contributed by atoms with Crippen LogP contribution in [0.3, 0.4) is 0 Å². The van der Waals surface area contributed by atoms with E-state index in [9.17, 15) is 4.79 Å². The average molecular weight is 554 g/mol. The number of hydrogen-bond acceptors (Lipinski definition) is 4. The van der Waals surface area contributed by atoms with Crippen LogP contribution >= 0.6 is 15.9 Å². The molecule has 2 heterocycles. The Balaban J connectivity index is 1.50. The summed E-state index contributed by atoms with van der Waals surface area (Å²) in [6.45, 7) is 7.06. The molecule has 186 valence electrons. The third-order valence-corrected chi connectivity index (χ3v) is 6.69. The van der Waals surface area contributed by atoms with E-state index < -0.39 is 5.97 Å². The number of halogens is 1. The predicted octanol–water partition coefficient (Wildman–Crippen LogP) is 7.89. The maximum atomic E-state index is 13.1. The first-order valence-electron chi connectivity index (χ1n) is 12.2. The van der Waals surface area contributed by atoms with Crippen molar-refractivity contribution in [1.82, 2.24) is 9.38 Å². The molecule has 37 heavy (non-hydrogen) atoms. The maximum Gasteiger partial charge on any atom is 0.343 e. The monoisotopic (exact) mass is 553 g/mol. The quantitative estimate of drug-likeness (QED) is 0.171. The van der Waals surface area contributed by atoms with Gasteiger partial charge in [0.1, 0.15) is 22.9 Å². The smallest absolute Gasteiger partial charge is 0.343 e. The summed E-state index contributed by atoms with van der Waals surface area (Å²) in [5.74, 6) is 0.869. The van der Waals surface area contributed by atoms with Crippen LogP contribution in [0.4, 0.5) is 5.82 Å². The molecule has 1 N–H and O–H groups in total. The van der Waals surface area contributed by atoms with Gasteiger partial charge in [0.05, 0.1) is 5.56 Å². The predicted molar refractivity (Wildman–Crippen MR) is 152 cm³/mol. The zero-order valence-corrected chi connectivity index (χ0v) is 22.6. The molecule has 5 nitrogen and oxygen atoms in total. The lowest BCUT2D eigenvalue weighted by atomic mass is 9.87. The molecule has 0 aliphatic carbocycles. The number of rotatable bonds is 6. The van der Waals surface area contributed by atoms with Crippen LogP contribution in [0.1, 0.15) is 42.3 Å². The highest BCUT2D eigenvalue weighted by Crippen LogP contribution is 2.36. The number of nitrogens with one attached hydrogen (secondary N) is 1. The van der Waals surface area contributed by atoms with E-state index >= 15 is 0 Å². The highest BCUT2D eigenvalue weighted by atomic mass is 79.9. The van der Waals surface area contributed by atoms with Crippen molar-refractivity contribution in [2.24, 2.45) is 0 Å². The fraction of sp³-hybridized carbons (Fsp3) is 0.161. The highest BCUT2D eigenvalue weighted by Gasteiger charge is 2.20. The lowest BCUT2D eigenvalue weighted by Gasteiger charge is -2.19. The highest BCUT2D eigenvalue weighted by molar-refractivity contribution is 9.10. The molecule has 5 rings (SSSR count). The van der Waals surface area contributed by atoms with Crippen molar-refractivity contribution in [3.05, 3.63) is 118 Å². The second kappa shape index (κ2) is 10.2. The minimum atomic E-state index is -0.404. The molecule has 0 atom stereocenters. The number of hydrogen-bond donors (Lipinski definition) is 1. The van der Waals surface area contributed by atoms with Crippen LogP contribution in [0.25, 0.3) is 16.9 Å². The molecule has 0 radical (unpaired) electrons. The van der Waals surface area contributed by atoms with Gasteiger partial charge in [-0.3, -0.25) is 4.40 Å². The number of para-hydroxylation sites is 1. The van der Waals surface area contributed by atoms with E-state index in [0.29, 0.717) is 23.6 Å². The van der Waals surface area contributed by atoms with Gasteiger partial charge >= 0.3 is 5.97 Å². The first-order valence-corrected chi connectivity index (χ1v) is 13.0. The third-order valence-electron chi connectivity index (χ3n) is 6.22. The number of benzene rings is 3. The van der Waals surface area contributed by atoms with Gasteiger partial charge in [-0.1, -0.05) is 75.4 Å². The SMILES string of the molecule is CC(C)(C)c1ccc(C(=O)Oc2ccccc2-c2nc3ccc(Br)cn3c2NCc2ccccc2)cc1. The fourth-order valence-electron chi connectivity index (χ4n) is 4.17. The summed E-state index contributed by atoms with van der Waals surface area (Å²) in [5.41, 5.74) is 5.05. The molecule has 0 fully saturated rings. The summed E-state index contributed by atoms with van der Waals surface area (Å²) in [6, 6.07) is 29.2. The van der Waals surface area contributed by atoms with Crippen molar-refractivity contribution in [2.45, 2.75) is 32.7 Å². The normalized spacial score (nSPS) is 11.5. The van der Waals surface area contributed by atoms with Gasteiger partial charge in [-0.2, -0.15) is 0 Å². The zero-order valence-electron chi connectivity index (χ0n) is 21.0. The molecular weight excluding hydrogens is 526 g/mol. The molecule has 6 heteroatoms. The van der Waals surface area contributed by atoms with E-state index in [1.54, 1.807) is 6.07 Å². The first-order chi connectivity index (χ1) is 17.8. The number of carbonyl (C=O) groups excluding carboxylic acids is 1. The number of anilines is 1. The van der Waals surface area contributed by atoms with Crippen LogP contribution in [0.5, 0.6) is 5.75 Å². The third kappa shape index (κ3) is 5.44. The van der Waals surface area contributed by atoms with Gasteiger partial charge in [-0.05, 0) is 68.9 Å². The Bertz CT molecular complexity index is 1550. The van der Waals surface area contributed by atoms with E-state index in [4.69, 9.17) is 9.72 Å². The fourth-order valence-corrected chi connectivity index (χ4v) is 4.51. The van der Waals surface area contributed by atoms with Crippen molar-refractivity contribution in [1.29, 1.82) is 0 Å². The number of aromatic nitrogens is 2. The van der Waals surface area contributed by atoms with Crippen molar-refractivity contribution < 1.29 is 9.53 Å². The molecule has 0 saturated carbocycles. The Morgan fingerprint density at radius 1 is 0.919 bits per heavy atom. The van der Waals surface area contributed by atoms with Crippen molar-refractivity contribution >= 4 is 33.4 Å². The molecule has 0 unspecified atom stereocenters. The van der Waals surface area contributed by atoms with Crippen LogP contribution in [0, 0.1) is 0 Å². The number of pyridine rings is 1. The van der Waals surface area contributed by atoms with Gasteiger partial charge in [-0.15, -0.1) is 0 Å². The van der Waals surface area contributed by atoms with Crippen LogP contribution in [-0.2, 0) is 12.0 Å². The standard InChI is InChI=1S/C31H28BrN3O2/c1-31(2,3)23-15-13-22(14-16-23)30(36)37-26-12-8-7-11-25(26)28-29(33-19-21-9-5-4-6-10-21)35-20-24(32)17-18-27(35)34-28/h4-18,20,33H,19H2,1-3H3. The Labute approximate surface area is 225 Å². The van der Waals surface area contributed by atoms with Gasteiger partial charge < -0.3 is 10.1 Å². The number of ether oxygens (including phenoxy) is 1. The summed E-state index contributed by atoms with van der Waals surface area (Å²) in [7, 11) is 0. The number of imidazole rings is 1. The molecule has 0 amide bonds. The maximum absolute atomic E-state index is 13.1. The second-order valence-electron chi connectivity index (χ2n) is 9.94. The minimum absolute atomic E-state index is 0.0102. The summed E-state index contributed by atoms with van der Waals surface area (Å²) < 4.78 is 8.87. The van der Waals surface area contributed by atoms with Gasteiger partial charge in [-0.25, -0.2) is 9.78 Å². The van der Waals surface area contributed by atoms with Gasteiger partial charge in [0.2, 0.25) is 0 Å². The molecule has 0 bridgehead atoms. The molecule has 0 spiro atoms. The van der Waals surface area contributed by atoms with Crippen molar-refractivity contribution in [3.8, 4) is 17.0 Å². The van der Waals surface area contributed by atoms with Crippen LogP contribution in [0.15, 0.2) is 102 Å². The summed E-state index contributed by atoms with van der Waals surface area (Å²) in [5, 5.41) is 3.55. The van der Waals surface area contributed by atoms with Gasteiger partial charge in [0.15, 0.2) is 0 Å². The molecule has 0 saturated heterocycles. The van der Waals surface area contributed by atoms with Crippen molar-refractivity contribution in [2.75, 3.05) is 5.32 Å². The Kier molecular flexibility index (Phi) is 6.85. The van der Waals surface area contributed by atoms with Crippen LogP contribution in [-0.4, -0.2) is 15.4 Å². The molecule has 5 aromatic rings. The van der Waals surface area contributed by atoms with Crippen LogP contribution < -0.4 is 10.1 Å². The number of esters is 1. The van der Waals surface area contributed by atoms with Crippen LogP contribution in [0.2, 0.25) is 0 Å². The number of carbonyl (C=O) groups is 1. The van der Waals surface area contributed by atoms with Crippen molar-refractivity contribution in [3.63, 3.8) is 0 Å². The largest absolute Gasteiger partial charge is 0.422 e. The molecule has 0 aliphatic rings. The molecule has 3 aromatic carbocycles. The van der Waals surface area contributed by atoms with E-state index in [0.717, 1.165) is 32.6 Å². The topological polar surface area (TPSA) is 55.6 Å². The number of nitrogens with zero attached hydrogens (tertiary/aromatic N) is 2. The summed E-state index contributed by atoms with van der Waals surface area (Å²) >= 11 is 3.57. The lowest BCUT2D eigenvalue weighted by molar-refractivity contribution is 0.0735. The lowest BCUT2D eigenvalue weighted by Crippen LogP contribution is -2.13. The van der Waals surface area contributed by atoms with E-state index in [1.165, 1.54) is 0 Å². The first kappa shape index (κ1) is 24.8. The second-order valence-corrected chi connectivity index (χ2v) is 10.9. The van der Waals surface area contributed by atoms with E-state index in [-0.39, 0.29) is 5.41 Å². The average Bonchev–Trinajstić information content (AvgIpc) is 3.25. The minimum Gasteiger partial charge on any atom is -0.422 e. The summed E-state index contributed by atoms with van der Waals surface area (Å²) in [6.07, 6.45) is 1.98. The Hall–Kier alpha value is -3.90.